The zero-order chi connectivity index (χ0) is 21.9. The summed E-state index contributed by atoms with van der Waals surface area (Å²) in [7, 11) is 1.72. The highest BCUT2D eigenvalue weighted by Gasteiger charge is 2.21. The Morgan fingerprint density at radius 1 is 1.00 bits per heavy atom. The third-order valence-corrected chi connectivity index (χ3v) is 5.26. The fourth-order valence-electron chi connectivity index (χ4n) is 3.63. The number of halogens is 1. The smallest absolute Gasteiger partial charge is 0.251 e. The number of ether oxygens (including phenoxy) is 1. The molecule has 0 aliphatic carbocycles. The zero-order valence-corrected chi connectivity index (χ0v) is 21.2. The maximum Gasteiger partial charge on any atom is 0.251 e. The lowest BCUT2D eigenvalue weighted by Crippen LogP contribution is -2.52. The van der Waals surface area contributed by atoms with E-state index < -0.39 is 0 Å². The number of rotatable bonds is 8. The molecular formula is C24H34IN5O2. The molecule has 0 radical (unpaired) electrons. The van der Waals surface area contributed by atoms with Gasteiger partial charge in [0.2, 0.25) is 0 Å². The summed E-state index contributed by atoms with van der Waals surface area (Å²) in [6.07, 6.45) is 0.800. The highest BCUT2D eigenvalue weighted by molar-refractivity contribution is 14.0. The fourth-order valence-corrected chi connectivity index (χ4v) is 3.63. The quantitative estimate of drug-likeness (QED) is 0.228. The number of amides is 1. The monoisotopic (exact) mass is 551 g/mol. The molecule has 0 spiro atoms. The van der Waals surface area contributed by atoms with Crippen molar-refractivity contribution in [3.8, 4) is 5.75 Å². The topological polar surface area (TPSA) is 69.2 Å². The number of guanidine groups is 1. The van der Waals surface area contributed by atoms with E-state index in [4.69, 9.17) is 9.73 Å². The van der Waals surface area contributed by atoms with E-state index in [0.29, 0.717) is 18.7 Å². The first-order valence-electron chi connectivity index (χ1n) is 11.0. The molecule has 1 heterocycles. The predicted molar refractivity (Wildman–Crippen MR) is 142 cm³/mol. The summed E-state index contributed by atoms with van der Waals surface area (Å²) < 4.78 is 5.51. The second-order valence-corrected chi connectivity index (χ2v) is 7.36. The van der Waals surface area contributed by atoms with Crippen molar-refractivity contribution in [2.24, 2.45) is 4.99 Å². The van der Waals surface area contributed by atoms with Crippen LogP contribution in [0, 0.1) is 0 Å². The molecule has 174 valence electrons. The number of carbonyl (C=O) groups excluding carboxylic acids is 1. The Bertz CT molecular complexity index is 854. The maximum absolute atomic E-state index is 12.1. The van der Waals surface area contributed by atoms with Crippen LogP contribution < -0.4 is 20.3 Å². The van der Waals surface area contributed by atoms with E-state index in [0.717, 1.165) is 56.5 Å². The number of benzene rings is 2. The lowest BCUT2D eigenvalue weighted by molar-refractivity contribution is 0.0953. The minimum Gasteiger partial charge on any atom is -0.495 e. The van der Waals surface area contributed by atoms with Gasteiger partial charge in [-0.05, 0) is 37.6 Å². The van der Waals surface area contributed by atoms with E-state index in [1.54, 1.807) is 7.11 Å². The van der Waals surface area contributed by atoms with Gasteiger partial charge in [-0.25, -0.2) is 0 Å². The molecule has 3 rings (SSSR count). The van der Waals surface area contributed by atoms with E-state index >= 15 is 0 Å². The van der Waals surface area contributed by atoms with Gasteiger partial charge in [0.05, 0.1) is 12.8 Å². The summed E-state index contributed by atoms with van der Waals surface area (Å²) in [6.45, 7) is 7.82. The number of hydrogen-bond acceptors (Lipinski definition) is 4. The van der Waals surface area contributed by atoms with Gasteiger partial charge < -0.3 is 25.2 Å². The first kappa shape index (κ1) is 25.8. The number of anilines is 1. The molecule has 2 N–H and O–H groups in total. The molecule has 1 aliphatic rings. The molecule has 1 aliphatic heterocycles. The van der Waals surface area contributed by atoms with Gasteiger partial charge in [0.1, 0.15) is 5.75 Å². The minimum absolute atomic E-state index is 0. The molecule has 2 aromatic carbocycles. The van der Waals surface area contributed by atoms with Gasteiger partial charge in [-0.1, -0.05) is 30.3 Å². The van der Waals surface area contributed by atoms with E-state index in [-0.39, 0.29) is 29.9 Å². The second-order valence-electron chi connectivity index (χ2n) is 7.36. The van der Waals surface area contributed by atoms with Crippen molar-refractivity contribution in [2.45, 2.75) is 13.3 Å². The van der Waals surface area contributed by atoms with Gasteiger partial charge in [0, 0.05) is 51.4 Å². The van der Waals surface area contributed by atoms with Crippen LogP contribution in [0.1, 0.15) is 23.7 Å². The molecular weight excluding hydrogens is 517 g/mol. The second kappa shape index (κ2) is 13.8. The largest absolute Gasteiger partial charge is 0.495 e. The van der Waals surface area contributed by atoms with Crippen molar-refractivity contribution in [1.29, 1.82) is 0 Å². The average Bonchev–Trinajstić information content (AvgIpc) is 2.83. The number of nitrogens with zero attached hydrogens (tertiary/aromatic N) is 3. The highest BCUT2D eigenvalue weighted by atomic mass is 127. The third kappa shape index (κ3) is 7.29. The van der Waals surface area contributed by atoms with Crippen LogP contribution in [-0.4, -0.2) is 69.7 Å². The van der Waals surface area contributed by atoms with Crippen LogP contribution in [0.3, 0.4) is 0 Å². The van der Waals surface area contributed by atoms with Crippen molar-refractivity contribution < 1.29 is 9.53 Å². The van der Waals surface area contributed by atoms with Crippen molar-refractivity contribution in [1.82, 2.24) is 15.5 Å². The molecule has 0 saturated carbocycles. The Hall–Kier alpha value is -2.49. The summed E-state index contributed by atoms with van der Waals surface area (Å²) in [6, 6.07) is 17.4. The summed E-state index contributed by atoms with van der Waals surface area (Å²) in [5, 5.41) is 6.36. The zero-order valence-electron chi connectivity index (χ0n) is 18.9. The standard InChI is InChI=1S/C24H33N5O2.HI/c1-3-25-24(27-15-9-14-26-23(30)20-10-5-4-6-11-20)29-18-16-28(17-19-29)21-12-7-8-13-22(21)31-2;/h4-8,10-13H,3,9,14-19H2,1-2H3,(H,25,27)(H,26,30);1H. The van der Waals surface area contributed by atoms with Crippen molar-refractivity contribution in [2.75, 3.05) is 57.8 Å². The molecule has 7 nitrogen and oxygen atoms in total. The SMILES string of the molecule is CCNC(=NCCCNC(=O)c1ccccc1)N1CCN(c2ccccc2OC)CC1.I. The third-order valence-electron chi connectivity index (χ3n) is 5.26. The first-order chi connectivity index (χ1) is 15.2. The van der Waals surface area contributed by atoms with Crippen molar-refractivity contribution in [3.05, 3.63) is 60.2 Å². The van der Waals surface area contributed by atoms with Gasteiger partial charge in [0.15, 0.2) is 5.96 Å². The normalized spacial score (nSPS) is 13.9. The Balaban J connectivity index is 0.00000363. The molecule has 2 aromatic rings. The van der Waals surface area contributed by atoms with Gasteiger partial charge in [0.25, 0.3) is 5.91 Å². The Labute approximate surface area is 208 Å². The number of carbonyl (C=O) groups is 1. The highest BCUT2D eigenvalue weighted by Crippen LogP contribution is 2.28. The summed E-state index contributed by atoms with van der Waals surface area (Å²) in [5.74, 6) is 1.81. The number of nitrogens with one attached hydrogen (secondary N) is 2. The molecule has 1 amide bonds. The number of piperazine rings is 1. The molecule has 0 atom stereocenters. The fraction of sp³-hybridized carbons (Fsp3) is 0.417. The average molecular weight is 551 g/mol. The van der Waals surface area contributed by atoms with E-state index in [1.165, 1.54) is 0 Å². The lowest BCUT2D eigenvalue weighted by Gasteiger charge is -2.38. The van der Waals surface area contributed by atoms with E-state index in [2.05, 4.69) is 33.4 Å². The number of aliphatic imine (C=N–C) groups is 1. The molecule has 0 unspecified atom stereocenters. The summed E-state index contributed by atoms with van der Waals surface area (Å²) in [5.41, 5.74) is 1.83. The van der Waals surface area contributed by atoms with Crippen LogP contribution in [0.4, 0.5) is 5.69 Å². The molecule has 32 heavy (non-hydrogen) atoms. The Morgan fingerprint density at radius 2 is 1.69 bits per heavy atom. The molecule has 1 saturated heterocycles. The van der Waals surface area contributed by atoms with Crippen LogP contribution in [0.2, 0.25) is 0 Å². The molecule has 0 bridgehead atoms. The molecule has 0 aromatic heterocycles. The van der Waals surface area contributed by atoms with Crippen molar-refractivity contribution in [3.63, 3.8) is 0 Å². The van der Waals surface area contributed by atoms with Crippen LogP contribution in [0.5, 0.6) is 5.75 Å². The molecule has 8 heteroatoms. The van der Waals surface area contributed by atoms with Gasteiger partial charge in [-0.3, -0.25) is 9.79 Å². The lowest BCUT2D eigenvalue weighted by atomic mass is 10.2. The van der Waals surface area contributed by atoms with Crippen LogP contribution in [0.25, 0.3) is 0 Å². The van der Waals surface area contributed by atoms with Gasteiger partial charge >= 0.3 is 0 Å². The van der Waals surface area contributed by atoms with Crippen LogP contribution in [-0.2, 0) is 0 Å². The minimum atomic E-state index is -0.0380. The van der Waals surface area contributed by atoms with Gasteiger partial charge in [-0.15, -0.1) is 24.0 Å². The van der Waals surface area contributed by atoms with E-state index in [9.17, 15) is 4.79 Å². The van der Waals surface area contributed by atoms with Crippen LogP contribution in [0.15, 0.2) is 59.6 Å². The number of methoxy groups -OCH3 is 1. The Morgan fingerprint density at radius 3 is 2.38 bits per heavy atom. The maximum atomic E-state index is 12.1. The number of hydrogen-bond donors (Lipinski definition) is 2. The van der Waals surface area contributed by atoms with E-state index in [1.807, 2.05) is 48.5 Å². The first-order valence-corrected chi connectivity index (χ1v) is 11.0. The summed E-state index contributed by atoms with van der Waals surface area (Å²) >= 11 is 0. The Kier molecular flexibility index (Phi) is 11.1. The van der Waals surface area contributed by atoms with Crippen molar-refractivity contribution >= 4 is 41.5 Å². The summed E-state index contributed by atoms with van der Waals surface area (Å²) in [4.78, 5) is 21.5. The van der Waals surface area contributed by atoms with Crippen LogP contribution >= 0.6 is 24.0 Å². The predicted octanol–water partition coefficient (Wildman–Crippen LogP) is 3.22. The number of para-hydroxylation sites is 2. The molecule has 1 fully saturated rings. The van der Waals surface area contributed by atoms with Gasteiger partial charge in [-0.2, -0.15) is 0 Å².